The van der Waals surface area contributed by atoms with Gasteiger partial charge in [0.25, 0.3) is 5.56 Å². The van der Waals surface area contributed by atoms with E-state index >= 15 is 0 Å². The Morgan fingerprint density at radius 2 is 1.88 bits per heavy atom. The van der Waals surface area contributed by atoms with Crippen LogP contribution in [0.4, 0.5) is 15.9 Å². The van der Waals surface area contributed by atoms with Gasteiger partial charge in [0.15, 0.2) is 17.3 Å². The van der Waals surface area contributed by atoms with Gasteiger partial charge in [0.2, 0.25) is 5.91 Å². The molecule has 3 N–H and O–H groups in total. The third-order valence-electron chi connectivity index (χ3n) is 5.55. The van der Waals surface area contributed by atoms with Gasteiger partial charge in [-0.2, -0.15) is 0 Å². The maximum Gasteiger partial charge on any atom is 0.330 e. The van der Waals surface area contributed by atoms with Gasteiger partial charge in [-0.25, -0.2) is 9.18 Å². The van der Waals surface area contributed by atoms with Crippen LogP contribution in [-0.2, 0) is 24.3 Å². The minimum Gasteiger partial charge on any atom is -0.494 e. The van der Waals surface area contributed by atoms with Crippen molar-refractivity contribution in [2.45, 2.75) is 45.7 Å². The van der Waals surface area contributed by atoms with E-state index < -0.39 is 17.1 Å². The number of nitrogens with zero attached hydrogens (tertiary/aromatic N) is 2. The number of nitrogen functional groups attached to an aromatic ring is 1. The average molecular weight is 469 g/mol. The zero-order chi connectivity index (χ0) is 24.7. The number of unbranched alkanes of at least 4 members (excludes halogenated alkanes) is 1. The fourth-order valence-electron chi connectivity index (χ4n) is 3.69. The van der Waals surface area contributed by atoms with E-state index in [9.17, 15) is 18.8 Å². The normalized spacial score (nSPS) is 10.8. The molecule has 9 heteroatoms. The summed E-state index contributed by atoms with van der Waals surface area (Å²) >= 11 is 0. The lowest BCUT2D eigenvalue weighted by atomic mass is 10.1. The summed E-state index contributed by atoms with van der Waals surface area (Å²) in [6.07, 6.45) is 1.76. The van der Waals surface area contributed by atoms with Crippen molar-refractivity contribution in [3.8, 4) is 5.75 Å². The summed E-state index contributed by atoms with van der Waals surface area (Å²) in [5.41, 5.74) is 6.26. The first-order chi connectivity index (χ1) is 16.3. The van der Waals surface area contributed by atoms with Crippen LogP contribution in [0, 0.1) is 5.82 Å². The smallest absolute Gasteiger partial charge is 0.330 e. The quantitative estimate of drug-likeness (QED) is 0.475. The maximum atomic E-state index is 14.1. The second-order valence-electron chi connectivity index (χ2n) is 7.93. The number of hydrogen-bond donors (Lipinski definition) is 2. The number of H-pyrrole nitrogens is 1. The van der Waals surface area contributed by atoms with E-state index in [2.05, 4.69) is 4.98 Å². The summed E-state index contributed by atoms with van der Waals surface area (Å²) in [5.74, 6) is -0.827. The molecule has 0 radical (unpaired) electrons. The zero-order valence-corrected chi connectivity index (χ0v) is 19.3. The SMILES string of the molecule is CCCCn1c(N)c(N(Cc2ccccc2)C(=O)CCc2ccc(OC)c(F)c2)c(=O)[nH]c1=O. The Morgan fingerprint density at radius 1 is 1.15 bits per heavy atom. The number of benzene rings is 2. The van der Waals surface area contributed by atoms with Gasteiger partial charge in [0.1, 0.15) is 5.82 Å². The third-order valence-corrected chi connectivity index (χ3v) is 5.55. The van der Waals surface area contributed by atoms with E-state index in [0.717, 1.165) is 12.0 Å². The topological polar surface area (TPSA) is 110 Å². The number of nitrogens with two attached hydrogens (primary N) is 1. The van der Waals surface area contributed by atoms with Crippen LogP contribution in [0.3, 0.4) is 0 Å². The molecule has 0 saturated carbocycles. The van der Waals surface area contributed by atoms with Gasteiger partial charge in [-0.05, 0) is 36.1 Å². The van der Waals surface area contributed by atoms with E-state index in [-0.39, 0.29) is 42.5 Å². The second-order valence-corrected chi connectivity index (χ2v) is 7.93. The fraction of sp³-hybridized carbons (Fsp3) is 0.320. The number of amides is 1. The molecule has 0 saturated heterocycles. The molecule has 180 valence electrons. The van der Waals surface area contributed by atoms with Crippen molar-refractivity contribution >= 4 is 17.4 Å². The predicted octanol–water partition coefficient (Wildman–Crippen LogP) is 3.23. The molecular weight excluding hydrogens is 439 g/mol. The highest BCUT2D eigenvalue weighted by Gasteiger charge is 2.24. The first-order valence-corrected chi connectivity index (χ1v) is 11.1. The Bertz CT molecular complexity index is 1250. The highest BCUT2D eigenvalue weighted by molar-refractivity contribution is 5.95. The maximum absolute atomic E-state index is 14.1. The molecule has 0 bridgehead atoms. The van der Waals surface area contributed by atoms with E-state index in [1.54, 1.807) is 6.07 Å². The van der Waals surface area contributed by atoms with Crippen LogP contribution in [0.1, 0.15) is 37.3 Å². The van der Waals surface area contributed by atoms with Crippen molar-refractivity contribution < 1.29 is 13.9 Å². The number of aromatic nitrogens is 2. The Hall–Kier alpha value is -3.88. The van der Waals surface area contributed by atoms with Crippen LogP contribution in [-0.4, -0.2) is 22.6 Å². The summed E-state index contributed by atoms with van der Waals surface area (Å²) in [6, 6.07) is 13.7. The molecule has 0 aliphatic rings. The first kappa shape index (κ1) is 24.8. The molecule has 1 amide bonds. The standard InChI is InChI=1S/C25H29FN4O4/c1-3-4-14-29-23(27)22(24(32)28-25(29)33)30(16-18-8-6-5-7-9-18)21(31)13-11-17-10-12-20(34-2)19(26)15-17/h5-10,12,15H,3-4,11,13-14,16,27H2,1-2H3,(H,28,32,33). The lowest BCUT2D eigenvalue weighted by Crippen LogP contribution is -2.41. The van der Waals surface area contributed by atoms with Gasteiger partial charge in [0, 0.05) is 13.0 Å². The number of rotatable bonds is 10. The molecule has 34 heavy (non-hydrogen) atoms. The summed E-state index contributed by atoms with van der Waals surface area (Å²) in [5, 5.41) is 0. The summed E-state index contributed by atoms with van der Waals surface area (Å²) < 4.78 is 20.3. The number of carbonyl (C=O) groups excluding carboxylic acids is 1. The Morgan fingerprint density at radius 3 is 2.53 bits per heavy atom. The molecule has 0 spiro atoms. The van der Waals surface area contributed by atoms with E-state index in [1.807, 2.05) is 37.3 Å². The van der Waals surface area contributed by atoms with Crippen molar-refractivity contribution in [1.29, 1.82) is 0 Å². The van der Waals surface area contributed by atoms with E-state index in [0.29, 0.717) is 18.5 Å². The number of halogens is 1. The molecule has 1 aromatic heterocycles. The van der Waals surface area contributed by atoms with Crippen molar-refractivity contribution in [2.24, 2.45) is 0 Å². The molecule has 0 aliphatic carbocycles. The highest BCUT2D eigenvalue weighted by atomic mass is 19.1. The molecule has 0 aliphatic heterocycles. The van der Waals surface area contributed by atoms with Gasteiger partial charge in [-0.15, -0.1) is 0 Å². The molecule has 0 unspecified atom stereocenters. The van der Waals surface area contributed by atoms with Gasteiger partial charge in [-0.3, -0.25) is 19.1 Å². The lowest BCUT2D eigenvalue weighted by Gasteiger charge is -2.25. The van der Waals surface area contributed by atoms with Crippen molar-refractivity contribution in [3.63, 3.8) is 0 Å². The molecule has 3 rings (SSSR count). The number of anilines is 2. The number of hydrogen-bond acceptors (Lipinski definition) is 5. The minimum absolute atomic E-state index is 0.00552. The summed E-state index contributed by atoms with van der Waals surface area (Å²) in [4.78, 5) is 42.1. The van der Waals surface area contributed by atoms with Crippen LogP contribution in [0.5, 0.6) is 5.75 Å². The summed E-state index contributed by atoms with van der Waals surface area (Å²) in [7, 11) is 1.38. The molecule has 2 aromatic carbocycles. The van der Waals surface area contributed by atoms with Crippen molar-refractivity contribution in [1.82, 2.24) is 9.55 Å². The number of aromatic amines is 1. The number of nitrogens with one attached hydrogen (secondary N) is 1. The van der Waals surface area contributed by atoms with Crippen LogP contribution < -0.4 is 26.6 Å². The molecule has 0 atom stereocenters. The van der Waals surface area contributed by atoms with Gasteiger partial charge < -0.3 is 15.4 Å². The minimum atomic E-state index is -0.727. The third kappa shape index (κ3) is 5.72. The number of methoxy groups -OCH3 is 1. The molecular formula is C25H29FN4O4. The molecule has 0 fully saturated rings. The number of aryl methyl sites for hydroxylation is 1. The Balaban J connectivity index is 1.96. The molecule has 3 aromatic rings. The zero-order valence-electron chi connectivity index (χ0n) is 19.3. The summed E-state index contributed by atoms with van der Waals surface area (Å²) in [6.45, 7) is 2.39. The van der Waals surface area contributed by atoms with Gasteiger partial charge in [-0.1, -0.05) is 49.7 Å². The van der Waals surface area contributed by atoms with E-state index in [1.165, 1.54) is 28.7 Å². The predicted molar refractivity (Wildman–Crippen MR) is 130 cm³/mol. The van der Waals surface area contributed by atoms with E-state index in [4.69, 9.17) is 10.5 Å². The second kappa shape index (κ2) is 11.3. The van der Waals surface area contributed by atoms with Crippen LogP contribution in [0.15, 0.2) is 58.1 Å². The molecule has 1 heterocycles. The largest absolute Gasteiger partial charge is 0.494 e. The van der Waals surface area contributed by atoms with Crippen LogP contribution in [0.2, 0.25) is 0 Å². The lowest BCUT2D eigenvalue weighted by molar-refractivity contribution is -0.118. The highest BCUT2D eigenvalue weighted by Crippen LogP contribution is 2.23. The van der Waals surface area contributed by atoms with Crippen molar-refractivity contribution in [3.05, 3.63) is 86.3 Å². The number of carbonyl (C=O) groups is 1. The first-order valence-electron chi connectivity index (χ1n) is 11.1. The Labute approximate surface area is 196 Å². The van der Waals surface area contributed by atoms with Gasteiger partial charge in [0.05, 0.1) is 13.7 Å². The monoisotopic (exact) mass is 468 g/mol. The van der Waals surface area contributed by atoms with Gasteiger partial charge >= 0.3 is 5.69 Å². The fourth-order valence-corrected chi connectivity index (χ4v) is 3.69. The Kier molecular flexibility index (Phi) is 8.24. The van der Waals surface area contributed by atoms with Crippen molar-refractivity contribution in [2.75, 3.05) is 17.7 Å². The number of ether oxygens (including phenoxy) is 1. The van der Waals surface area contributed by atoms with Crippen LogP contribution >= 0.6 is 0 Å². The van der Waals surface area contributed by atoms with Crippen LogP contribution in [0.25, 0.3) is 0 Å². The molecule has 8 nitrogen and oxygen atoms in total. The average Bonchev–Trinajstić information content (AvgIpc) is 2.82.